The molecule has 1 aliphatic carbocycles. The molecule has 0 bridgehead atoms. The quantitative estimate of drug-likeness (QED) is 0.907. The number of hydrogen-bond acceptors (Lipinski definition) is 2. The van der Waals surface area contributed by atoms with Crippen molar-refractivity contribution in [1.82, 2.24) is 15.1 Å². The van der Waals surface area contributed by atoms with Gasteiger partial charge in [-0.25, -0.2) is 0 Å². The predicted molar refractivity (Wildman–Crippen MR) is 80.5 cm³/mol. The molecule has 0 atom stereocenters. The largest absolute Gasteiger partial charge is 0.308 e. The van der Waals surface area contributed by atoms with E-state index >= 15 is 0 Å². The number of aryl methyl sites for hydroxylation is 2. The lowest BCUT2D eigenvalue weighted by atomic mass is 9.75. The van der Waals surface area contributed by atoms with Gasteiger partial charge in [0.2, 0.25) is 0 Å². The lowest BCUT2D eigenvalue weighted by molar-refractivity contribution is 0.205. The van der Waals surface area contributed by atoms with E-state index in [2.05, 4.69) is 31.2 Å². The van der Waals surface area contributed by atoms with Crippen LogP contribution in [0.25, 0.3) is 0 Å². The lowest BCUT2D eigenvalue weighted by Gasteiger charge is -2.34. The number of hydrogen-bond donors (Lipinski definition) is 1. The summed E-state index contributed by atoms with van der Waals surface area (Å²) >= 11 is 6.33. The van der Waals surface area contributed by atoms with Gasteiger partial charge in [0.05, 0.1) is 16.4 Å². The van der Waals surface area contributed by atoms with E-state index in [0.717, 1.165) is 29.5 Å². The third kappa shape index (κ3) is 3.51. The molecule has 1 aromatic heterocycles. The third-order valence-corrected chi connectivity index (χ3v) is 4.84. The highest BCUT2D eigenvalue weighted by atomic mass is 35.5. The van der Waals surface area contributed by atoms with Crippen LogP contribution in [0.2, 0.25) is 5.02 Å². The molecule has 2 rings (SSSR count). The topological polar surface area (TPSA) is 29.9 Å². The second kappa shape index (κ2) is 5.84. The summed E-state index contributed by atoms with van der Waals surface area (Å²) in [4.78, 5) is 0. The molecule has 4 heteroatoms. The van der Waals surface area contributed by atoms with Gasteiger partial charge in [-0.3, -0.25) is 4.68 Å². The van der Waals surface area contributed by atoms with Crippen LogP contribution in [0.5, 0.6) is 0 Å². The maximum absolute atomic E-state index is 6.33. The van der Waals surface area contributed by atoms with Crippen LogP contribution >= 0.6 is 11.6 Å². The first kappa shape index (κ1) is 14.9. The molecule has 0 aliphatic heterocycles. The highest BCUT2D eigenvalue weighted by Crippen LogP contribution is 2.35. The molecule has 1 fully saturated rings. The van der Waals surface area contributed by atoms with Gasteiger partial charge >= 0.3 is 0 Å². The molecule has 0 unspecified atom stereocenters. The van der Waals surface area contributed by atoms with Crippen LogP contribution in [0, 0.1) is 12.3 Å². The average Bonchev–Trinajstić information content (AvgIpc) is 2.64. The first-order valence-corrected chi connectivity index (χ1v) is 7.76. The van der Waals surface area contributed by atoms with Gasteiger partial charge in [-0.05, 0) is 44.9 Å². The maximum Gasteiger partial charge on any atom is 0.0860 e. The Morgan fingerprint density at radius 3 is 2.58 bits per heavy atom. The molecule has 1 aromatic rings. The molecule has 19 heavy (non-hydrogen) atoms. The van der Waals surface area contributed by atoms with Crippen molar-refractivity contribution in [2.75, 3.05) is 0 Å². The van der Waals surface area contributed by atoms with Crippen molar-refractivity contribution in [3.63, 3.8) is 0 Å². The summed E-state index contributed by atoms with van der Waals surface area (Å²) in [6.45, 7) is 10.5. The number of rotatable bonds is 4. The second-order valence-electron chi connectivity index (χ2n) is 6.48. The number of nitrogens with zero attached hydrogens (tertiary/aromatic N) is 2. The van der Waals surface area contributed by atoms with E-state index in [1.54, 1.807) is 0 Å². The Morgan fingerprint density at radius 1 is 1.37 bits per heavy atom. The minimum Gasteiger partial charge on any atom is -0.308 e. The first-order valence-electron chi connectivity index (χ1n) is 7.38. The normalized spacial score (nSPS) is 19.8. The van der Waals surface area contributed by atoms with Crippen molar-refractivity contribution in [3.05, 3.63) is 16.4 Å². The van der Waals surface area contributed by atoms with Gasteiger partial charge in [0, 0.05) is 19.1 Å². The first-order chi connectivity index (χ1) is 8.93. The molecule has 0 radical (unpaired) electrons. The van der Waals surface area contributed by atoms with Crippen molar-refractivity contribution in [2.45, 2.75) is 72.5 Å². The molecule has 0 aromatic carbocycles. The third-order valence-electron chi connectivity index (χ3n) is 4.35. The van der Waals surface area contributed by atoms with E-state index in [-0.39, 0.29) is 0 Å². The van der Waals surface area contributed by atoms with Gasteiger partial charge in [-0.1, -0.05) is 25.4 Å². The zero-order valence-corrected chi connectivity index (χ0v) is 13.3. The monoisotopic (exact) mass is 283 g/mol. The van der Waals surface area contributed by atoms with Crippen molar-refractivity contribution < 1.29 is 0 Å². The molecule has 0 spiro atoms. The fraction of sp³-hybridized carbons (Fsp3) is 0.800. The van der Waals surface area contributed by atoms with Gasteiger partial charge in [-0.15, -0.1) is 0 Å². The summed E-state index contributed by atoms with van der Waals surface area (Å²) in [5, 5.41) is 8.94. The summed E-state index contributed by atoms with van der Waals surface area (Å²) in [6, 6.07) is 0.629. The van der Waals surface area contributed by atoms with E-state index in [0.29, 0.717) is 11.5 Å². The Morgan fingerprint density at radius 2 is 2.00 bits per heavy atom. The second-order valence-corrected chi connectivity index (χ2v) is 6.86. The van der Waals surface area contributed by atoms with Crippen LogP contribution in [-0.4, -0.2) is 15.8 Å². The Bertz CT molecular complexity index is 427. The predicted octanol–water partition coefficient (Wildman–Crippen LogP) is 3.92. The van der Waals surface area contributed by atoms with Crippen LogP contribution in [0.3, 0.4) is 0 Å². The molecule has 3 nitrogen and oxygen atoms in total. The minimum absolute atomic E-state index is 0.525. The Labute approximate surface area is 121 Å². The summed E-state index contributed by atoms with van der Waals surface area (Å²) in [5.74, 6) is 0. The zero-order chi connectivity index (χ0) is 14.0. The molecule has 0 saturated heterocycles. The smallest absolute Gasteiger partial charge is 0.0860 e. The van der Waals surface area contributed by atoms with Crippen LogP contribution in [0.4, 0.5) is 0 Å². The van der Waals surface area contributed by atoms with Crippen molar-refractivity contribution in [1.29, 1.82) is 0 Å². The molecular weight excluding hydrogens is 258 g/mol. The van der Waals surface area contributed by atoms with Gasteiger partial charge in [-0.2, -0.15) is 5.10 Å². The molecule has 1 saturated carbocycles. The van der Waals surface area contributed by atoms with Crippen LogP contribution in [-0.2, 0) is 13.1 Å². The number of aromatic nitrogens is 2. The molecule has 1 heterocycles. The Balaban J connectivity index is 1.93. The Kier molecular flexibility index (Phi) is 4.57. The van der Waals surface area contributed by atoms with Gasteiger partial charge < -0.3 is 5.32 Å². The molecule has 1 N–H and O–H groups in total. The standard InChI is InChI=1S/C15H26ClN3/c1-5-19-13(14(16)11(2)18-19)10-17-12-6-8-15(3,4)9-7-12/h12,17H,5-10H2,1-4H3. The van der Waals surface area contributed by atoms with E-state index in [4.69, 9.17) is 11.6 Å². The highest BCUT2D eigenvalue weighted by molar-refractivity contribution is 6.31. The summed E-state index contributed by atoms with van der Waals surface area (Å²) in [5.41, 5.74) is 2.59. The van der Waals surface area contributed by atoms with Gasteiger partial charge in [0.25, 0.3) is 0 Å². The summed E-state index contributed by atoms with van der Waals surface area (Å²) in [7, 11) is 0. The summed E-state index contributed by atoms with van der Waals surface area (Å²) < 4.78 is 2.01. The Hall–Kier alpha value is -0.540. The highest BCUT2D eigenvalue weighted by Gasteiger charge is 2.26. The van der Waals surface area contributed by atoms with Crippen molar-refractivity contribution in [2.24, 2.45) is 5.41 Å². The van der Waals surface area contributed by atoms with Crippen molar-refractivity contribution >= 4 is 11.6 Å². The molecule has 1 aliphatic rings. The average molecular weight is 284 g/mol. The van der Waals surface area contributed by atoms with E-state index in [1.165, 1.54) is 25.7 Å². The number of nitrogens with one attached hydrogen (secondary N) is 1. The minimum atomic E-state index is 0.525. The van der Waals surface area contributed by atoms with E-state index in [9.17, 15) is 0 Å². The fourth-order valence-corrected chi connectivity index (χ4v) is 3.08. The van der Waals surface area contributed by atoms with Gasteiger partial charge in [0.15, 0.2) is 0 Å². The van der Waals surface area contributed by atoms with Gasteiger partial charge in [0.1, 0.15) is 0 Å². The molecular formula is C15H26ClN3. The van der Waals surface area contributed by atoms with E-state index < -0.39 is 0 Å². The zero-order valence-electron chi connectivity index (χ0n) is 12.6. The van der Waals surface area contributed by atoms with Crippen LogP contribution in [0.15, 0.2) is 0 Å². The van der Waals surface area contributed by atoms with E-state index in [1.807, 2.05) is 11.6 Å². The maximum atomic E-state index is 6.33. The fourth-order valence-electron chi connectivity index (χ4n) is 2.88. The molecule has 0 amide bonds. The van der Waals surface area contributed by atoms with Crippen LogP contribution in [0.1, 0.15) is 57.8 Å². The molecule has 108 valence electrons. The van der Waals surface area contributed by atoms with Crippen molar-refractivity contribution in [3.8, 4) is 0 Å². The number of halogens is 1. The SMILES string of the molecule is CCn1nc(C)c(Cl)c1CNC1CCC(C)(C)CC1. The summed E-state index contributed by atoms with van der Waals surface area (Å²) in [6.07, 6.45) is 5.16. The lowest BCUT2D eigenvalue weighted by Crippen LogP contribution is -2.35. The van der Waals surface area contributed by atoms with Crippen LogP contribution < -0.4 is 5.32 Å².